The van der Waals surface area contributed by atoms with Crippen LogP contribution in [0, 0.1) is 0 Å². The monoisotopic (exact) mass is 282 g/mol. The van der Waals surface area contributed by atoms with Gasteiger partial charge in [0.05, 0.1) is 17.2 Å². The lowest BCUT2D eigenvalue weighted by Gasteiger charge is -2.09. The molecule has 0 radical (unpaired) electrons. The van der Waals surface area contributed by atoms with Crippen molar-refractivity contribution < 1.29 is 0 Å². The molecule has 0 spiro atoms. The number of hydrogen-bond acceptors (Lipinski definition) is 3. The Kier molecular flexibility index (Phi) is 3.83. The quantitative estimate of drug-likeness (QED) is 0.689. The number of thioether (sulfide) groups is 1. The van der Waals surface area contributed by atoms with Crippen LogP contribution in [-0.2, 0) is 6.54 Å². The highest BCUT2D eigenvalue weighted by Gasteiger charge is 2.03. The topological polar surface area (TPSA) is 34.9 Å². The van der Waals surface area contributed by atoms with E-state index in [2.05, 4.69) is 17.1 Å². The maximum atomic E-state index is 12.0. The van der Waals surface area contributed by atoms with Crippen molar-refractivity contribution in [2.24, 2.45) is 0 Å². The highest BCUT2D eigenvalue weighted by Crippen LogP contribution is 2.17. The molecule has 1 aromatic heterocycles. The van der Waals surface area contributed by atoms with E-state index in [0.717, 1.165) is 16.8 Å². The number of para-hydroxylation sites is 2. The molecule has 0 saturated heterocycles. The zero-order chi connectivity index (χ0) is 13.8. The lowest BCUT2D eigenvalue weighted by molar-refractivity contribution is 0.761. The molecule has 0 amide bonds. The summed E-state index contributed by atoms with van der Waals surface area (Å²) in [6, 6.07) is 18.0. The van der Waals surface area contributed by atoms with Crippen LogP contribution in [0.15, 0.2) is 70.5 Å². The van der Waals surface area contributed by atoms with Gasteiger partial charge in [-0.05, 0) is 24.3 Å². The zero-order valence-corrected chi connectivity index (χ0v) is 11.7. The Bertz CT molecular complexity index is 768. The van der Waals surface area contributed by atoms with E-state index in [4.69, 9.17) is 0 Å². The average Bonchev–Trinajstić information content (AvgIpc) is 2.50. The highest BCUT2D eigenvalue weighted by molar-refractivity contribution is 7.99. The highest BCUT2D eigenvalue weighted by atomic mass is 32.2. The van der Waals surface area contributed by atoms with Crippen molar-refractivity contribution >= 4 is 22.8 Å². The van der Waals surface area contributed by atoms with Gasteiger partial charge in [0, 0.05) is 17.2 Å². The van der Waals surface area contributed by atoms with E-state index in [0.29, 0.717) is 6.54 Å². The van der Waals surface area contributed by atoms with E-state index >= 15 is 0 Å². The maximum absolute atomic E-state index is 12.0. The Hall–Kier alpha value is -2.07. The number of nitrogens with zero attached hydrogens (tertiary/aromatic N) is 2. The average molecular weight is 282 g/mol. The molecule has 20 heavy (non-hydrogen) atoms. The summed E-state index contributed by atoms with van der Waals surface area (Å²) in [7, 11) is 0. The SMILES string of the molecule is O=c1cnc2ccccc2n1CCSc1ccccc1. The van der Waals surface area contributed by atoms with Crippen molar-refractivity contribution in [3.05, 3.63) is 71.1 Å². The lowest BCUT2D eigenvalue weighted by Crippen LogP contribution is -2.21. The lowest BCUT2D eigenvalue weighted by atomic mass is 10.3. The number of aryl methyl sites for hydroxylation is 1. The predicted molar refractivity (Wildman–Crippen MR) is 83.2 cm³/mol. The summed E-state index contributed by atoms with van der Waals surface area (Å²) in [4.78, 5) is 17.4. The zero-order valence-electron chi connectivity index (χ0n) is 10.9. The second kappa shape index (κ2) is 5.92. The van der Waals surface area contributed by atoms with Crippen molar-refractivity contribution in [1.29, 1.82) is 0 Å². The minimum Gasteiger partial charge on any atom is -0.305 e. The Morgan fingerprint density at radius 2 is 1.75 bits per heavy atom. The molecule has 0 atom stereocenters. The van der Waals surface area contributed by atoms with E-state index in [1.165, 1.54) is 11.1 Å². The first kappa shape index (κ1) is 12.9. The summed E-state index contributed by atoms with van der Waals surface area (Å²) in [5, 5.41) is 0. The summed E-state index contributed by atoms with van der Waals surface area (Å²) in [5.41, 5.74) is 1.71. The van der Waals surface area contributed by atoms with Gasteiger partial charge in [-0.25, -0.2) is 4.98 Å². The molecule has 0 aliphatic carbocycles. The number of aromatic nitrogens is 2. The van der Waals surface area contributed by atoms with Crippen molar-refractivity contribution in [3.63, 3.8) is 0 Å². The third kappa shape index (κ3) is 2.75. The van der Waals surface area contributed by atoms with Crippen molar-refractivity contribution in [2.45, 2.75) is 11.4 Å². The summed E-state index contributed by atoms with van der Waals surface area (Å²) in [5.74, 6) is 0.859. The molecule has 0 N–H and O–H groups in total. The first-order valence-corrected chi connectivity index (χ1v) is 7.45. The van der Waals surface area contributed by atoms with E-state index in [9.17, 15) is 4.79 Å². The van der Waals surface area contributed by atoms with Gasteiger partial charge in [-0.3, -0.25) is 4.79 Å². The van der Waals surface area contributed by atoms with Gasteiger partial charge in [0.25, 0.3) is 5.56 Å². The minimum atomic E-state index is -0.0441. The normalized spacial score (nSPS) is 10.8. The van der Waals surface area contributed by atoms with Crippen LogP contribution in [0.25, 0.3) is 11.0 Å². The largest absolute Gasteiger partial charge is 0.305 e. The van der Waals surface area contributed by atoms with E-state index in [1.54, 1.807) is 16.3 Å². The second-order valence-electron chi connectivity index (χ2n) is 4.40. The van der Waals surface area contributed by atoms with Crippen molar-refractivity contribution in [2.75, 3.05) is 5.75 Å². The third-order valence-corrected chi connectivity index (χ3v) is 4.07. The summed E-state index contributed by atoms with van der Waals surface area (Å²) < 4.78 is 1.79. The molecule has 0 aliphatic heterocycles. The third-order valence-electron chi connectivity index (χ3n) is 3.08. The fourth-order valence-corrected chi connectivity index (χ4v) is 2.98. The molecule has 2 aromatic carbocycles. The molecule has 100 valence electrons. The number of fused-ring (bicyclic) bond motifs is 1. The molecule has 0 unspecified atom stereocenters. The fourth-order valence-electron chi connectivity index (χ4n) is 2.12. The van der Waals surface area contributed by atoms with Gasteiger partial charge in [-0.2, -0.15) is 0 Å². The molecule has 0 bridgehead atoms. The van der Waals surface area contributed by atoms with E-state index < -0.39 is 0 Å². The van der Waals surface area contributed by atoms with Crippen LogP contribution in [0.5, 0.6) is 0 Å². The molecule has 3 nitrogen and oxygen atoms in total. The van der Waals surface area contributed by atoms with Crippen LogP contribution < -0.4 is 5.56 Å². The Labute approximate surface area is 121 Å². The van der Waals surface area contributed by atoms with Gasteiger partial charge in [0.2, 0.25) is 0 Å². The molecule has 4 heteroatoms. The molecule has 1 heterocycles. The molecule has 0 aliphatic rings. The minimum absolute atomic E-state index is 0.0441. The van der Waals surface area contributed by atoms with Crippen molar-refractivity contribution in [3.8, 4) is 0 Å². The van der Waals surface area contributed by atoms with E-state index in [-0.39, 0.29) is 5.56 Å². The van der Waals surface area contributed by atoms with Gasteiger partial charge in [-0.15, -0.1) is 11.8 Å². The fraction of sp³-hybridized carbons (Fsp3) is 0.125. The van der Waals surface area contributed by atoms with Crippen LogP contribution in [0.4, 0.5) is 0 Å². The molecule has 3 aromatic rings. The van der Waals surface area contributed by atoms with Gasteiger partial charge in [-0.1, -0.05) is 30.3 Å². The van der Waals surface area contributed by atoms with Crippen LogP contribution >= 0.6 is 11.8 Å². The second-order valence-corrected chi connectivity index (χ2v) is 5.57. The van der Waals surface area contributed by atoms with Crippen LogP contribution in [0.1, 0.15) is 0 Å². The number of hydrogen-bond donors (Lipinski definition) is 0. The van der Waals surface area contributed by atoms with Crippen LogP contribution in [-0.4, -0.2) is 15.3 Å². The number of benzene rings is 2. The van der Waals surface area contributed by atoms with Gasteiger partial charge >= 0.3 is 0 Å². The smallest absolute Gasteiger partial charge is 0.269 e. The Morgan fingerprint density at radius 1 is 1.00 bits per heavy atom. The summed E-state index contributed by atoms with van der Waals surface area (Å²) in [6.45, 7) is 0.682. The van der Waals surface area contributed by atoms with Gasteiger partial charge in [0.1, 0.15) is 0 Å². The summed E-state index contributed by atoms with van der Waals surface area (Å²) >= 11 is 1.75. The first-order chi connectivity index (χ1) is 9.84. The van der Waals surface area contributed by atoms with Crippen LogP contribution in [0.3, 0.4) is 0 Å². The van der Waals surface area contributed by atoms with E-state index in [1.807, 2.05) is 42.5 Å². The first-order valence-electron chi connectivity index (χ1n) is 6.47. The van der Waals surface area contributed by atoms with Crippen molar-refractivity contribution in [1.82, 2.24) is 9.55 Å². The molecule has 3 rings (SSSR count). The standard InChI is InChI=1S/C16H14N2OS/c19-16-12-17-14-8-4-5-9-15(14)18(16)10-11-20-13-6-2-1-3-7-13/h1-9,12H,10-11H2. The van der Waals surface area contributed by atoms with Gasteiger partial charge in [0.15, 0.2) is 0 Å². The molecule has 0 saturated carbocycles. The molecular formula is C16H14N2OS. The number of rotatable bonds is 4. The van der Waals surface area contributed by atoms with Crippen LogP contribution in [0.2, 0.25) is 0 Å². The Morgan fingerprint density at radius 3 is 2.60 bits per heavy atom. The molecular weight excluding hydrogens is 268 g/mol. The Balaban J connectivity index is 1.81. The maximum Gasteiger partial charge on any atom is 0.269 e. The van der Waals surface area contributed by atoms with Gasteiger partial charge < -0.3 is 4.57 Å². The summed E-state index contributed by atoms with van der Waals surface area (Å²) in [6.07, 6.45) is 1.40. The molecule has 0 fully saturated rings. The predicted octanol–water partition coefficient (Wildman–Crippen LogP) is 3.19.